The quantitative estimate of drug-likeness (QED) is 0.290. The molecule has 8 nitrogen and oxygen atoms in total. The van der Waals surface area contributed by atoms with Gasteiger partial charge in [-0.05, 0) is 46.6 Å². The van der Waals surface area contributed by atoms with Crippen LogP contribution in [0.2, 0.25) is 25.7 Å². The first-order valence-corrected chi connectivity index (χ1v) is 13.3. The molecular weight excluding hydrogens is 460 g/mol. The highest BCUT2D eigenvalue weighted by Crippen LogP contribution is 2.23. The summed E-state index contributed by atoms with van der Waals surface area (Å²) < 4.78 is 5.86. The molecule has 0 aliphatic carbocycles. The first kappa shape index (κ1) is 24.7. The highest BCUT2D eigenvalue weighted by Gasteiger charge is 2.17. The van der Waals surface area contributed by atoms with Crippen LogP contribution < -0.4 is 0 Å². The van der Waals surface area contributed by atoms with E-state index in [0.717, 1.165) is 18.9 Å². The maximum Gasteiger partial charge on any atom is 0.337 e. The summed E-state index contributed by atoms with van der Waals surface area (Å²) in [5.74, 6) is -1.55. The molecule has 3 N–H and O–H groups in total. The van der Waals surface area contributed by atoms with Crippen molar-refractivity contribution in [2.45, 2.75) is 39.2 Å². The second kappa shape index (κ2) is 11.0. The van der Waals surface area contributed by atoms with Gasteiger partial charge in [0.1, 0.15) is 12.4 Å². The molecule has 0 spiro atoms. The van der Waals surface area contributed by atoms with Crippen LogP contribution >= 0.6 is 15.9 Å². The van der Waals surface area contributed by atoms with E-state index in [2.05, 4.69) is 45.5 Å². The molecule has 2 aromatic rings. The molecule has 0 fully saturated rings. The van der Waals surface area contributed by atoms with Gasteiger partial charge in [-0.25, -0.2) is 14.6 Å². The summed E-state index contributed by atoms with van der Waals surface area (Å²) in [6, 6.07) is 3.93. The van der Waals surface area contributed by atoms with Crippen LogP contribution in [0.5, 0.6) is 0 Å². The summed E-state index contributed by atoms with van der Waals surface area (Å²) >= 11 is 3.06. The molecule has 0 saturated carbocycles. The Balaban J connectivity index is 0.000000291. The summed E-state index contributed by atoms with van der Waals surface area (Å²) in [7, 11) is -1.01. The Labute approximate surface area is 178 Å². The van der Waals surface area contributed by atoms with Crippen molar-refractivity contribution in [3.63, 3.8) is 0 Å². The van der Waals surface area contributed by atoms with E-state index in [4.69, 9.17) is 14.9 Å². The van der Waals surface area contributed by atoms with Gasteiger partial charge in [0.05, 0.1) is 23.0 Å². The fourth-order valence-corrected chi connectivity index (χ4v) is 3.59. The van der Waals surface area contributed by atoms with Gasteiger partial charge in [0.25, 0.3) is 0 Å². The number of halogens is 1. The minimum absolute atomic E-state index is 0.00519. The second-order valence-electron chi connectivity index (χ2n) is 7.47. The molecule has 1 aromatic carbocycles. The molecule has 2 rings (SSSR count). The lowest BCUT2D eigenvalue weighted by Gasteiger charge is -2.14. The van der Waals surface area contributed by atoms with E-state index in [9.17, 15) is 14.4 Å². The van der Waals surface area contributed by atoms with Gasteiger partial charge in [-0.2, -0.15) is 0 Å². The van der Waals surface area contributed by atoms with E-state index in [0.29, 0.717) is 22.6 Å². The number of carboxylic acids is 2. The Hall–Kier alpha value is -2.30. The summed E-state index contributed by atoms with van der Waals surface area (Å²) in [6.45, 7) is 9.64. The first-order valence-electron chi connectivity index (χ1n) is 8.78. The average Bonchev–Trinajstić information content (AvgIpc) is 3.06. The number of rotatable bonds is 8. The number of aromatic nitrogens is 2. The summed E-state index contributed by atoms with van der Waals surface area (Å²) in [5.41, 5.74) is 0.744. The highest BCUT2D eigenvalue weighted by atomic mass is 79.9. The van der Waals surface area contributed by atoms with Gasteiger partial charge >= 0.3 is 11.9 Å². The van der Waals surface area contributed by atoms with Gasteiger partial charge in [-0.3, -0.25) is 4.79 Å². The molecular formula is C19H25BrN2O6Si. The van der Waals surface area contributed by atoms with Gasteiger partial charge in [0.15, 0.2) is 6.29 Å². The number of hydrogen-bond acceptors (Lipinski definition) is 5. The van der Waals surface area contributed by atoms with Gasteiger partial charge < -0.3 is 19.9 Å². The topological polar surface area (TPSA) is 130 Å². The molecule has 1 heterocycles. The molecule has 0 aliphatic rings. The molecule has 0 aliphatic heterocycles. The lowest BCUT2D eigenvalue weighted by molar-refractivity contribution is 0.0695. The van der Waals surface area contributed by atoms with Crippen LogP contribution in [0.25, 0.3) is 0 Å². The minimum atomic E-state index is -1.14. The van der Waals surface area contributed by atoms with E-state index >= 15 is 0 Å². The first-order chi connectivity index (χ1) is 13.5. The van der Waals surface area contributed by atoms with Crippen LogP contribution in [0.15, 0.2) is 22.8 Å². The van der Waals surface area contributed by atoms with Crippen LogP contribution in [0.3, 0.4) is 0 Å². The average molecular weight is 485 g/mol. The monoisotopic (exact) mass is 484 g/mol. The van der Waals surface area contributed by atoms with Crippen molar-refractivity contribution >= 4 is 42.2 Å². The Kier molecular flexibility index (Phi) is 9.41. The van der Waals surface area contributed by atoms with Gasteiger partial charge in [0, 0.05) is 19.2 Å². The molecule has 0 saturated heterocycles. The van der Waals surface area contributed by atoms with Gasteiger partial charge in [-0.15, -0.1) is 0 Å². The van der Waals surface area contributed by atoms with Crippen molar-refractivity contribution in [3.05, 3.63) is 51.0 Å². The van der Waals surface area contributed by atoms with Crippen LogP contribution in [0.1, 0.15) is 42.6 Å². The smallest absolute Gasteiger partial charge is 0.337 e. The normalized spacial score (nSPS) is 10.8. The zero-order valence-electron chi connectivity index (χ0n) is 16.8. The zero-order valence-corrected chi connectivity index (χ0v) is 19.4. The van der Waals surface area contributed by atoms with E-state index in [1.54, 1.807) is 0 Å². The lowest BCUT2D eigenvalue weighted by Crippen LogP contribution is -2.21. The largest absolute Gasteiger partial charge is 0.478 e. The number of imidazole rings is 1. The van der Waals surface area contributed by atoms with E-state index in [1.807, 2.05) is 0 Å². The number of aromatic amines is 1. The molecule has 0 amide bonds. The summed E-state index contributed by atoms with van der Waals surface area (Å²) in [4.78, 5) is 38.8. The predicted molar refractivity (Wildman–Crippen MR) is 115 cm³/mol. The fourth-order valence-electron chi connectivity index (χ4n) is 2.23. The van der Waals surface area contributed by atoms with Crippen LogP contribution in [0.4, 0.5) is 0 Å². The van der Waals surface area contributed by atoms with Crippen LogP contribution in [-0.4, -0.2) is 53.1 Å². The molecule has 29 heavy (non-hydrogen) atoms. The number of H-pyrrole nitrogens is 1. The van der Waals surface area contributed by atoms with E-state index < -0.39 is 20.0 Å². The number of carbonyl (C=O) groups is 3. The third kappa shape index (κ3) is 8.30. The second-order valence-corrected chi connectivity index (χ2v) is 13.9. The number of ether oxygens (including phenoxy) is 1. The highest BCUT2D eigenvalue weighted by molar-refractivity contribution is 9.10. The zero-order chi connectivity index (χ0) is 22.2. The van der Waals surface area contributed by atoms with Crippen LogP contribution in [-0.2, 0) is 11.3 Å². The SMILES string of the molecule is C[Si](C)(C)CCOCc1ncc(C=O)[nH]1.Cc1c(C(=O)O)ccc(Br)c1C(=O)O. The van der Waals surface area contributed by atoms with Crippen molar-refractivity contribution in [2.24, 2.45) is 0 Å². The van der Waals surface area contributed by atoms with Crippen LogP contribution in [0, 0.1) is 6.92 Å². The summed E-state index contributed by atoms with van der Waals surface area (Å²) in [6.07, 6.45) is 2.27. The van der Waals surface area contributed by atoms with E-state index in [-0.39, 0.29) is 16.7 Å². The fraction of sp³-hybridized carbons (Fsp3) is 0.368. The lowest BCUT2D eigenvalue weighted by atomic mass is 10.0. The maximum atomic E-state index is 10.8. The van der Waals surface area contributed by atoms with Crippen molar-refractivity contribution in [1.82, 2.24) is 9.97 Å². The third-order valence-electron chi connectivity index (χ3n) is 3.87. The Bertz CT molecular complexity index is 876. The maximum absolute atomic E-state index is 10.8. The number of hydrogen-bond donors (Lipinski definition) is 3. The minimum Gasteiger partial charge on any atom is -0.478 e. The molecule has 158 valence electrons. The molecule has 0 atom stereocenters. The molecule has 0 radical (unpaired) electrons. The number of aromatic carboxylic acids is 2. The Morgan fingerprint density at radius 2 is 1.90 bits per heavy atom. The molecule has 1 aromatic heterocycles. The van der Waals surface area contributed by atoms with Crippen molar-refractivity contribution in [2.75, 3.05) is 6.61 Å². The van der Waals surface area contributed by atoms with Crippen molar-refractivity contribution in [3.8, 4) is 0 Å². The van der Waals surface area contributed by atoms with Gasteiger partial charge in [0.2, 0.25) is 0 Å². The third-order valence-corrected chi connectivity index (χ3v) is 6.23. The number of nitrogens with zero attached hydrogens (tertiary/aromatic N) is 1. The number of benzene rings is 1. The number of nitrogens with one attached hydrogen (secondary N) is 1. The van der Waals surface area contributed by atoms with E-state index in [1.165, 1.54) is 25.3 Å². The van der Waals surface area contributed by atoms with Crippen molar-refractivity contribution < 1.29 is 29.3 Å². The number of carboxylic acid groups (broad SMARTS) is 2. The Morgan fingerprint density at radius 1 is 1.24 bits per heavy atom. The standard InChI is InChI=1S/C10H18N2O2Si.C9H7BrO4/c1-15(2,3)5-4-14-8-10-11-6-9(7-13)12-10;1-4-5(8(11)12)2-3-6(10)7(4)9(13)14/h6-7H,4-5,8H2,1-3H3,(H,11,12);2-3H,1H3,(H,11,12)(H,13,14). The van der Waals surface area contributed by atoms with Crippen molar-refractivity contribution in [1.29, 1.82) is 0 Å². The molecule has 10 heteroatoms. The number of carbonyl (C=O) groups excluding carboxylic acids is 1. The van der Waals surface area contributed by atoms with Gasteiger partial charge in [-0.1, -0.05) is 19.6 Å². The molecule has 0 unspecified atom stereocenters. The number of aldehydes is 1. The summed E-state index contributed by atoms with van der Waals surface area (Å²) in [5, 5.41) is 17.6. The predicted octanol–water partition coefficient (Wildman–Crippen LogP) is 4.23. The molecule has 0 bridgehead atoms. The Morgan fingerprint density at radius 3 is 2.38 bits per heavy atom.